The van der Waals surface area contributed by atoms with E-state index >= 15 is 0 Å². The lowest BCUT2D eigenvalue weighted by Gasteiger charge is -2.27. The maximum Gasteiger partial charge on any atom is 0.408 e. The zero-order valence-electron chi connectivity index (χ0n) is 24.6. The van der Waals surface area contributed by atoms with Gasteiger partial charge in [0.15, 0.2) is 6.10 Å². The average Bonchev–Trinajstić information content (AvgIpc) is 3.45. The van der Waals surface area contributed by atoms with Crippen molar-refractivity contribution in [3.63, 3.8) is 0 Å². The van der Waals surface area contributed by atoms with Crippen molar-refractivity contribution in [1.82, 2.24) is 26.3 Å². The first-order chi connectivity index (χ1) is 21.2. The zero-order valence-corrected chi connectivity index (χ0v) is 24.6. The number of alkyl carbamates (subject to hydrolysis) is 1. The smallest absolute Gasteiger partial charge is 0.408 e. The van der Waals surface area contributed by atoms with Crippen LogP contribution in [-0.4, -0.2) is 65.2 Å². The number of fused-ring (bicyclic) bond motifs is 1. The Morgan fingerprint density at radius 3 is 2.09 bits per heavy atom. The van der Waals surface area contributed by atoms with Gasteiger partial charge in [-0.25, -0.2) is 4.79 Å². The first kappa shape index (κ1) is 31.8. The molecular formula is C33H37N5O6. The van der Waals surface area contributed by atoms with Crippen LogP contribution in [0.2, 0.25) is 0 Å². The van der Waals surface area contributed by atoms with E-state index in [4.69, 9.17) is 4.74 Å². The van der Waals surface area contributed by atoms with Crippen LogP contribution in [0.15, 0.2) is 91.1 Å². The van der Waals surface area contributed by atoms with Crippen LogP contribution in [0.1, 0.15) is 23.6 Å². The average molecular weight is 600 g/mol. The van der Waals surface area contributed by atoms with Gasteiger partial charge in [0, 0.05) is 30.6 Å². The second kappa shape index (κ2) is 15.4. The maximum atomic E-state index is 13.8. The summed E-state index contributed by atoms with van der Waals surface area (Å²) < 4.78 is 5.22. The lowest BCUT2D eigenvalue weighted by atomic mass is 9.99. The van der Waals surface area contributed by atoms with E-state index in [0.29, 0.717) is 0 Å². The van der Waals surface area contributed by atoms with Gasteiger partial charge in [-0.1, -0.05) is 78.9 Å². The molecule has 0 aliphatic carbocycles. The van der Waals surface area contributed by atoms with E-state index < -0.39 is 48.0 Å². The van der Waals surface area contributed by atoms with Gasteiger partial charge in [-0.15, -0.1) is 0 Å². The summed E-state index contributed by atoms with van der Waals surface area (Å²) in [7, 11) is 1.40. The summed E-state index contributed by atoms with van der Waals surface area (Å²) >= 11 is 0. The number of rotatable bonds is 13. The third-order valence-corrected chi connectivity index (χ3v) is 7.19. The molecule has 11 nitrogen and oxygen atoms in total. The van der Waals surface area contributed by atoms with Gasteiger partial charge in [-0.05, 0) is 36.1 Å². The predicted octanol–water partition coefficient (Wildman–Crippen LogP) is 2.34. The minimum atomic E-state index is -1.55. The highest BCUT2D eigenvalue weighted by molar-refractivity contribution is 5.92. The summed E-state index contributed by atoms with van der Waals surface area (Å²) in [5, 5.41) is 22.1. The normalized spacial score (nSPS) is 13.6. The molecule has 0 aliphatic heterocycles. The Bertz CT molecular complexity index is 1560. The first-order valence-electron chi connectivity index (χ1n) is 14.3. The van der Waals surface area contributed by atoms with Crippen molar-refractivity contribution in [2.75, 3.05) is 7.05 Å². The van der Waals surface area contributed by atoms with Crippen LogP contribution < -0.4 is 21.3 Å². The number of amides is 4. The second-order valence-electron chi connectivity index (χ2n) is 10.4. The summed E-state index contributed by atoms with van der Waals surface area (Å²) in [4.78, 5) is 54.9. The Morgan fingerprint density at radius 2 is 1.41 bits per heavy atom. The Morgan fingerprint density at radius 1 is 0.773 bits per heavy atom. The summed E-state index contributed by atoms with van der Waals surface area (Å²) in [6.07, 6.45) is -0.305. The number of hydrogen-bond acceptors (Lipinski definition) is 6. The molecular weight excluding hydrogens is 562 g/mol. The molecule has 0 fully saturated rings. The van der Waals surface area contributed by atoms with E-state index in [2.05, 4.69) is 26.3 Å². The van der Waals surface area contributed by atoms with Gasteiger partial charge in [0.2, 0.25) is 11.8 Å². The lowest BCUT2D eigenvalue weighted by Crippen LogP contribution is -2.58. The third kappa shape index (κ3) is 8.68. The molecule has 230 valence electrons. The van der Waals surface area contributed by atoms with Crippen molar-refractivity contribution < 1.29 is 29.0 Å². The van der Waals surface area contributed by atoms with Crippen molar-refractivity contribution in [3.05, 3.63) is 108 Å². The monoisotopic (exact) mass is 599 g/mol. The number of carbonyl (C=O) groups excluding carboxylic acids is 4. The van der Waals surface area contributed by atoms with Crippen molar-refractivity contribution in [3.8, 4) is 0 Å². The molecule has 44 heavy (non-hydrogen) atoms. The molecule has 1 heterocycles. The fourth-order valence-corrected chi connectivity index (χ4v) is 4.76. The van der Waals surface area contributed by atoms with Gasteiger partial charge < -0.3 is 36.1 Å². The number of benzene rings is 3. The fraction of sp³-hybridized carbons (Fsp3) is 0.273. The minimum absolute atomic E-state index is 0.0308. The Hall–Kier alpha value is -5.16. The standard InChI is InChI=1S/C33H37N5O6/c1-21(36-33(43)44-20-23-13-7-4-8-14-23)30(40)38-28(18-24-19-35-26-16-10-9-15-25(24)26)31(41)37-27(29(39)32(42)34-2)17-22-11-5-3-6-12-22/h3-16,19,21,27-29,35,39H,17-18,20H2,1-2H3,(H,34,42)(H,36,43)(H,37,41)(H,38,40)/t21-,27?,28-,29-/m0/s1. The van der Waals surface area contributed by atoms with Crippen LogP contribution in [0.5, 0.6) is 0 Å². The van der Waals surface area contributed by atoms with Gasteiger partial charge in [-0.3, -0.25) is 14.4 Å². The number of H-pyrrole nitrogens is 1. The summed E-state index contributed by atoms with van der Waals surface area (Å²) in [5.41, 5.74) is 3.22. The number of para-hydroxylation sites is 1. The molecule has 3 aromatic carbocycles. The van der Waals surface area contributed by atoms with Crippen LogP contribution in [0, 0.1) is 0 Å². The number of aromatic nitrogens is 1. The molecule has 0 spiro atoms. The predicted molar refractivity (Wildman–Crippen MR) is 165 cm³/mol. The fourth-order valence-electron chi connectivity index (χ4n) is 4.76. The van der Waals surface area contributed by atoms with E-state index in [1.165, 1.54) is 14.0 Å². The topological polar surface area (TPSA) is 162 Å². The molecule has 0 aliphatic rings. The first-order valence-corrected chi connectivity index (χ1v) is 14.3. The molecule has 0 radical (unpaired) electrons. The number of hydrogen-bond donors (Lipinski definition) is 6. The molecule has 0 saturated heterocycles. The Kier molecular flexibility index (Phi) is 11.1. The number of likely N-dealkylation sites (N-methyl/N-ethyl adjacent to an activating group) is 1. The van der Waals surface area contributed by atoms with Crippen LogP contribution in [0.4, 0.5) is 4.79 Å². The minimum Gasteiger partial charge on any atom is -0.445 e. The van der Waals surface area contributed by atoms with E-state index in [1.54, 1.807) is 6.20 Å². The van der Waals surface area contributed by atoms with Crippen LogP contribution in [0.25, 0.3) is 10.9 Å². The van der Waals surface area contributed by atoms with E-state index in [9.17, 15) is 24.3 Å². The van der Waals surface area contributed by atoms with Gasteiger partial charge >= 0.3 is 6.09 Å². The molecule has 0 saturated carbocycles. The molecule has 1 unspecified atom stereocenters. The highest BCUT2D eigenvalue weighted by Crippen LogP contribution is 2.19. The van der Waals surface area contributed by atoms with Crippen molar-refractivity contribution in [2.45, 2.75) is 50.6 Å². The lowest BCUT2D eigenvalue weighted by molar-refractivity contribution is -0.134. The molecule has 1 aromatic heterocycles. The number of aromatic amines is 1. The molecule has 6 N–H and O–H groups in total. The van der Waals surface area contributed by atoms with Crippen molar-refractivity contribution in [2.24, 2.45) is 0 Å². The zero-order chi connectivity index (χ0) is 31.5. The molecule has 0 bridgehead atoms. The van der Waals surface area contributed by atoms with E-state index in [0.717, 1.165) is 27.6 Å². The Labute approximate surface area is 255 Å². The van der Waals surface area contributed by atoms with Gasteiger partial charge in [0.1, 0.15) is 18.7 Å². The quantitative estimate of drug-likeness (QED) is 0.138. The number of ether oxygens (including phenoxy) is 1. The molecule has 4 aromatic rings. The molecule has 4 atom stereocenters. The highest BCUT2D eigenvalue weighted by atomic mass is 16.5. The number of carbonyl (C=O) groups is 4. The van der Waals surface area contributed by atoms with Gasteiger partial charge in [-0.2, -0.15) is 0 Å². The number of aliphatic hydroxyl groups excluding tert-OH is 1. The van der Waals surface area contributed by atoms with Crippen LogP contribution >= 0.6 is 0 Å². The van der Waals surface area contributed by atoms with Crippen molar-refractivity contribution in [1.29, 1.82) is 0 Å². The molecule has 11 heteroatoms. The summed E-state index contributed by atoms with van der Waals surface area (Å²) in [6.45, 7) is 1.51. The number of aliphatic hydroxyl groups is 1. The van der Waals surface area contributed by atoms with Crippen LogP contribution in [-0.2, 0) is 38.6 Å². The van der Waals surface area contributed by atoms with Gasteiger partial charge in [0.05, 0.1) is 6.04 Å². The maximum absolute atomic E-state index is 13.8. The number of nitrogens with one attached hydrogen (secondary N) is 5. The highest BCUT2D eigenvalue weighted by Gasteiger charge is 2.32. The third-order valence-electron chi connectivity index (χ3n) is 7.19. The molecule has 4 amide bonds. The van der Waals surface area contributed by atoms with Gasteiger partial charge in [0.25, 0.3) is 5.91 Å². The molecule has 4 rings (SSSR count). The Balaban J connectivity index is 1.50. The SMILES string of the molecule is CNC(=O)[C@@H](O)C(Cc1ccccc1)NC(=O)[C@H](Cc1c[nH]c2ccccc12)NC(=O)[C@H](C)NC(=O)OCc1ccccc1. The van der Waals surface area contributed by atoms with Crippen LogP contribution in [0.3, 0.4) is 0 Å². The second-order valence-corrected chi connectivity index (χ2v) is 10.4. The largest absolute Gasteiger partial charge is 0.445 e. The van der Waals surface area contributed by atoms with Crippen molar-refractivity contribution >= 4 is 34.7 Å². The summed E-state index contributed by atoms with van der Waals surface area (Å²) in [5.74, 6) is -1.88. The summed E-state index contributed by atoms with van der Waals surface area (Å²) in [6, 6.07) is 22.7. The van der Waals surface area contributed by atoms with E-state index in [1.807, 2.05) is 84.9 Å². The van der Waals surface area contributed by atoms with E-state index in [-0.39, 0.29) is 19.4 Å².